The summed E-state index contributed by atoms with van der Waals surface area (Å²) in [6.07, 6.45) is 3.55. The van der Waals surface area contributed by atoms with E-state index in [0.29, 0.717) is 12.4 Å². The Hall–Kier alpha value is -2.04. The van der Waals surface area contributed by atoms with E-state index in [0.717, 1.165) is 12.8 Å². The summed E-state index contributed by atoms with van der Waals surface area (Å²) in [6.45, 7) is 4.14. The van der Waals surface area contributed by atoms with Gasteiger partial charge >= 0.3 is 0 Å². The zero-order valence-corrected chi connectivity index (χ0v) is 8.89. The Morgan fingerprint density at radius 3 is 2.88 bits per heavy atom. The van der Waals surface area contributed by atoms with Crippen LogP contribution in [0.3, 0.4) is 0 Å². The van der Waals surface area contributed by atoms with Gasteiger partial charge in [0.25, 0.3) is 5.69 Å². The lowest BCUT2D eigenvalue weighted by molar-refractivity contribution is -0.383. The smallest absolute Gasteiger partial charge is 0.292 e. The van der Waals surface area contributed by atoms with Crippen molar-refractivity contribution >= 4 is 11.4 Å². The summed E-state index contributed by atoms with van der Waals surface area (Å²) in [5, 5.41) is 10.5. The van der Waals surface area contributed by atoms with Gasteiger partial charge in [-0.1, -0.05) is 6.08 Å². The van der Waals surface area contributed by atoms with Gasteiger partial charge in [0.15, 0.2) is 0 Å². The minimum Gasteiger partial charge on any atom is -0.494 e. The van der Waals surface area contributed by atoms with Gasteiger partial charge in [0.05, 0.1) is 11.5 Å². The van der Waals surface area contributed by atoms with E-state index in [9.17, 15) is 10.1 Å². The van der Waals surface area contributed by atoms with Gasteiger partial charge in [-0.05, 0) is 18.9 Å². The van der Waals surface area contributed by atoms with Crippen molar-refractivity contribution in [1.29, 1.82) is 0 Å². The van der Waals surface area contributed by atoms with Gasteiger partial charge in [-0.3, -0.25) is 10.1 Å². The van der Waals surface area contributed by atoms with Crippen molar-refractivity contribution in [3.63, 3.8) is 0 Å². The molecule has 1 aromatic carbocycles. The number of benzene rings is 1. The number of nitrogens with zero attached hydrogens (tertiary/aromatic N) is 1. The van der Waals surface area contributed by atoms with Gasteiger partial charge in [-0.2, -0.15) is 0 Å². The van der Waals surface area contributed by atoms with Crippen LogP contribution in [-0.2, 0) is 0 Å². The molecule has 5 nitrogen and oxygen atoms in total. The van der Waals surface area contributed by atoms with E-state index in [1.165, 1.54) is 12.1 Å². The fourth-order valence-corrected chi connectivity index (χ4v) is 1.21. The monoisotopic (exact) mass is 222 g/mol. The normalized spacial score (nSPS) is 9.75. The summed E-state index contributed by atoms with van der Waals surface area (Å²) in [6, 6.07) is 4.35. The van der Waals surface area contributed by atoms with Crippen molar-refractivity contribution in [2.45, 2.75) is 12.8 Å². The van der Waals surface area contributed by atoms with Crippen LogP contribution < -0.4 is 10.5 Å². The number of nitro benzene ring substituents is 1. The second-order valence-corrected chi connectivity index (χ2v) is 3.26. The van der Waals surface area contributed by atoms with Gasteiger partial charge in [0.2, 0.25) is 0 Å². The van der Waals surface area contributed by atoms with Crippen LogP contribution >= 0.6 is 0 Å². The van der Waals surface area contributed by atoms with Crippen molar-refractivity contribution in [1.82, 2.24) is 0 Å². The third-order valence-corrected chi connectivity index (χ3v) is 2.02. The maximum absolute atomic E-state index is 10.5. The summed E-state index contributed by atoms with van der Waals surface area (Å²) in [5.74, 6) is 0.548. The molecule has 0 unspecified atom stereocenters. The lowest BCUT2D eigenvalue weighted by Crippen LogP contribution is -1.99. The standard InChI is InChI=1S/C11H14N2O3/c1-2-3-4-7-16-9-5-6-11(13(14)15)10(12)8-9/h2,5-6,8H,1,3-4,7,12H2. The zero-order valence-electron chi connectivity index (χ0n) is 8.89. The summed E-state index contributed by atoms with van der Waals surface area (Å²) in [5.41, 5.74) is 5.53. The summed E-state index contributed by atoms with van der Waals surface area (Å²) in [7, 11) is 0. The number of hydrogen-bond acceptors (Lipinski definition) is 4. The molecule has 5 heteroatoms. The molecule has 86 valence electrons. The molecular weight excluding hydrogens is 208 g/mol. The van der Waals surface area contributed by atoms with E-state index >= 15 is 0 Å². The molecule has 0 aliphatic carbocycles. The average molecular weight is 222 g/mol. The number of anilines is 1. The van der Waals surface area contributed by atoms with Gasteiger partial charge in [-0.15, -0.1) is 6.58 Å². The minimum absolute atomic E-state index is 0.0987. The molecule has 0 saturated heterocycles. The maximum Gasteiger partial charge on any atom is 0.292 e. The fraction of sp³-hybridized carbons (Fsp3) is 0.273. The van der Waals surface area contributed by atoms with Crippen LogP contribution in [0.5, 0.6) is 5.75 Å². The number of allylic oxidation sites excluding steroid dienone is 1. The molecule has 0 fully saturated rings. The molecule has 0 aromatic heterocycles. The Balaban J connectivity index is 2.59. The highest BCUT2D eigenvalue weighted by atomic mass is 16.6. The van der Waals surface area contributed by atoms with Gasteiger partial charge < -0.3 is 10.5 Å². The lowest BCUT2D eigenvalue weighted by Gasteiger charge is -2.05. The number of rotatable bonds is 6. The molecule has 2 N–H and O–H groups in total. The Bertz CT molecular complexity index is 391. The first-order valence-corrected chi connectivity index (χ1v) is 4.92. The molecule has 1 aromatic rings. The average Bonchev–Trinajstić information content (AvgIpc) is 2.24. The second kappa shape index (κ2) is 5.75. The molecule has 0 amide bonds. The van der Waals surface area contributed by atoms with Gasteiger partial charge in [0.1, 0.15) is 11.4 Å². The molecule has 0 saturated carbocycles. The molecule has 0 heterocycles. The fourth-order valence-electron chi connectivity index (χ4n) is 1.21. The molecule has 0 aliphatic rings. The number of hydrogen-bond donors (Lipinski definition) is 1. The summed E-state index contributed by atoms with van der Waals surface area (Å²) in [4.78, 5) is 9.99. The van der Waals surface area contributed by atoms with E-state index in [-0.39, 0.29) is 11.4 Å². The quantitative estimate of drug-likeness (QED) is 0.264. The van der Waals surface area contributed by atoms with Crippen LogP contribution in [0.1, 0.15) is 12.8 Å². The zero-order chi connectivity index (χ0) is 12.0. The summed E-state index contributed by atoms with van der Waals surface area (Å²) >= 11 is 0. The van der Waals surface area contributed by atoms with E-state index < -0.39 is 4.92 Å². The van der Waals surface area contributed by atoms with Crippen LogP contribution in [0.15, 0.2) is 30.9 Å². The Kier molecular flexibility index (Phi) is 4.32. The van der Waals surface area contributed by atoms with Gasteiger partial charge in [0, 0.05) is 12.1 Å². The minimum atomic E-state index is -0.517. The third kappa shape index (κ3) is 3.27. The van der Waals surface area contributed by atoms with Crippen molar-refractivity contribution in [3.8, 4) is 5.75 Å². The molecule has 0 atom stereocenters. The van der Waals surface area contributed by atoms with E-state index in [4.69, 9.17) is 10.5 Å². The van der Waals surface area contributed by atoms with Crippen LogP contribution in [0.4, 0.5) is 11.4 Å². The van der Waals surface area contributed by atoms with Crippen molar-refractivity contribution < 1.29 is 9.66 Å². The number of unbranched alkanes of at least 4 members (excludes halogenated alkanes) is 1. The predicted molar refractivity (Wildman–Crippen MR) is 62.4 cm³/mol. The molecule has 1 rings (SSSR count). The number of nitro groups is 1. The topological polar surface area (TPSA) is 78.4 Å². The number of nitrogen functional groups attached to an aromatic ring is 1. The first-order valence-electron chi connectivity index (χ1n) is 4.92. The van der Waals surface area contributed by atoms with E-state index in [2.05, 4.69) is 6.58 Å². The van der Waals surface area contributed by atoms with Crippen molar-refractivity contribution in [2.75, 3.05) is 12.3 Å². The third-order valence-electron chi connectivity index (χ3n) is 2.02. The molecular formula is C11H14N2O3. The maximum atomic E-state index is 10.5. The first-order chi connectivity index (χ1) is 7.65. The van der Waals surface area contributed by atoms with Crippen LogP contribution in [0.2, 0.25) is 0 Å². The number of nitrogens with two attached hydrogens (primary N) is 1. The number of ether oxygens (including phenoxy) is 1. The second-order valence-electron chi connectivity index (χ2n) is 3.26. The van der Waals surface area contributed by atoms with E-state index in [1.807, 2.05) is 6.08 Å². The highest BCUT2D eigenvalue weighted by Crippen LogP contribution is 2.25. The largest absolute Gasteiger partial charge is 0.494 e. The highest BCUT2D eigenvalue weighted by Gasteiger charge is 2.11. The Morgan fingerprint density at radius 1 is 1.56 bits per heavy atom. The van der Waals surface area contributed by atoms with E-state index in [1.54, 1.807) is 6.07 Å². The molecule has 0 bridgehead atoms. The summed E-state index contributed by atoms with van der Waals surface area (Å²) < 4.78 is 5.37. The molecule has 0 spiro atoms. The first kappa shape index (κ1) is 12.0. The SMILES string of the molecule is C=CCCCOc1ccc([N+](=O)[O-])c(N)c1. The lowest BCUT2D eigenvalue weighted by atomic mass is 10.2. The molecule has 0 radical (unpaired) electrons. The van der Waals surface area contributed by atoms with Crippen LogP contribution in [-0.4, -0.2) is 11.5 Å². The highest BCUT2D eigenvalue weighted by molar-refractivity contribution is 5.60. The molecule has 0 aliphatic heterocycles. The van der Waals surface area contributed by atoms with Crippen LogP contribution in [0, 0.1) is 10.1 Å². The predicted octanol–water partition coefficient (Wildman–Crippen LogP) is 2.52. The van der Waals surface area contributed by atoms with Crippen molar-refractivity contribution in [2.24, 2.45) is 0 Å². The molecule has 16 heavy (non-hydrogen) atoms. The Morgan fingerprint density at radius 2 is 2.31 bits per heavy atom. The van der Waals surface area contributed by atoms with Crippen LogP contribution in [0.25, 0.3) is 0 Å². The van der Waals surface area contributed by atoms with Crippen molar-refractivity contribution in [3.05, 3.63) is 41.0 Å². The van der Waals surface area contributed by atoms with Gasteiger partial charge in [-0.25, -0.2) is 0 Å². The Labute approximate surface area is 93.7 Å².